The molecule has 0 heterocycles. The van der Waals surface area contributed by atoms with Gasteiger partial charge < -0.3 is 15.2 Å². The number of nitro groups is 1. The summed E-state index contributed by atoms with van der Waals surface area (Å²) in [6.07, 6.45) is 6.08. The van der Waals surface area contributed by atoms with E-state index in [1.54, 1.807) is 0 Å². The zero-order valence-electron chi connectivity index (χ0n) is 14.2. The zero-order chi connectivity index (χ0) is 18.4. The van der Waals surface area contributed by atoms with Gasteiger partial charge in [-0.3, -0.25) is 15.5 Å². The lowest BCUT2D eigenvalue weighted by molar-refractivity contribution is -0.386. The van der Waals surface area contributed by atoms with Crippen LogP contribution in [-0.4, -0.2) is 34.5 Å². The predicted molar refractivity (Wildman–Crippen MR) is 99.2 cm³/mol. The van der Waals surface area contributed by atoms with Gasteiger partial charge in [-0.15, -0.1) is 0 Å². The van der Waals surface area contributed by atoms with Crippen molar-refractivity contribution in [1.82, 2.24) is 10.7 Å². The van der Waals surface area contributed by atoms with Crippen LogP contribution in [0.2, 0.25) is 0 Å². The molecule has 3 N–H and O–H groups in total. The quantitative estimate of drug-likeness (QED) is 0.318. The lowest BCUT2D eigenvalue weighted by Gasteiger charge is -2.30. The number of methoxy groups -OCH3 is 1. The number of rotatable bonds is 5. The van der Waals surface area contributed by atoms with Crippen LogP contribution < -0.4 is 15.5 Å². The highest BCUT2D eigenvalue weighted by atomic mass is 32.1. The van der Waals surface area contributed by atoms with E-state index < -0.39 is 16.4 Å². The molecule has 1 saturated carbocycles. The first-order chi connectivity index (χ1) is 11.9. The van der Waals surface area contributed by atoms with Crippen LogP contribution in [0.15, 0.2) is 17.2 Å². The highest BCUT2D eigenvalue weighted by molar-refractivity contribution is 7.80. The van der Waals surface area contributed by atoms with Gasteiger partial charge in [-0.05, 0) is 37.0 Å². The molecule has 2 rings (SSSR count). The Balaban J connectivity index is 2.00. The van der Waals surface area contributed by atoms with Crippen molar-refractivity contribution >= 4 is 29.2 Å². The minimum atomic E-state index is -0.681. The molecule has 0 unspecified atom stereocenters. The van der Waals surface area contributed by atoms with Crippen LogP contribution in [0.1, 0.15) is 38.2 Å². The molecule has 0 radical (unpaired) electrons. The Morgan fingerprint density at radius 1 is 1.48 bits per heavy atom. The second-order valence-corrected chi connectivity index (χ2v) is 6.47. The normalized spacial score (nSPS) is 20.2. The minimum absolute atomic E-state index is 0.00684. The van der Waals surface area contributed by atoms with E-state index in [-0.39, 0.29) is 5.75 Å². The van der Waals surface area contributed by atoms with Gasteiger partial charge in [0.2, 0.25) is 5.75 Å². The van der Waals surface area contributed by atoms with E-state index in [9.17, 15) is 15.2 Å². The van der Waals surface area contributed by atoms with Gasteiger partial charge in [-0.2, -0.15) is 5.10 Å². The molecule has 1 aliphatic carbocycles. The van der Waals surface area contributed by atoms with Gasteiger partial charge in [-0.25, -0.2) is 0 Å². The third-order valence-corrected chi connectivity index (χ3v) is 4.51. The van der Waals surface area contributed by atoms with Crippen LogP contribution in [0.5, 0.6) is 11.5 Å². The molecule has 0 spiro atoms. The van der Waals surface area contributed by atoms with E-state index in [0.29, 0.717) is 22.6 Å². The number of hydrogen-bond acceptors (Lipinski definition) is 6. The number of aromatic hydroxyl groups is 1. The van der Waals surface area contributed by atoms with Crippen LogP contribution in [0.25, 0.3) is 0 Å². The van der Waals surface area contributed by atoms with Crippen molar-refractivity contribution in [2.75, 3.05) is 7.11 Å². The molecule has 1 aromatic carbocycles. The molecule has 1 aliphatic rings. The summed E-state index contributed by atoms with van der Waals surface area (Å²) in [5, 5.41) is 28.4. The fourth-order valence-electron chi connectivity index (χ4n) is 2.88. The van der Waals surface area contributed by atoms with Crippen molar-refractivity contribution < 1.29 is 14.8 Å². The summed E-state index contributed by atoms with van der Waals surface area (Å²) in [5.41, 5.74) is 2.67. The average molecular weight is 366 g/mol. The van der Waals surface area contributed by atoms with Gasteiger partial charge in [0, 0.05) is 17.7 Å². The number of hydrogen-bond donors (Lipinski definition) is 3. The molecule has 2 atom stereocenters. The average Bonchev–Trinajstić information content (AvgIpc) is 2.58. The fraction of sp³-hybridized carbons (Fsp3) is 0.500. The fourth-order valence-corrected chi connectivity index (χ4v) is 3.08. The number of thiocarbonyl (C=S) groups is 1. The van der Waals surface area contributed by atoms with Gasteiger partial charge >= 0.3 is 5.69 Å². The first-order valence-corrected chi connectivity index (χ1v) is 8.48. The van der Waals surface area contributed by atoms with Gasteiger partial charge in [0.05, 0.1) is 18.2 Å². The molecule has 9 heteroatoms. The van der Waals surface area contributed by atoms with Crippen molar-refractivity contribution in [2.24, 2.45) is 11.0 Å². The SMILES string of the molecule is COc1cc(/C=N/NC(=S)N[C@H]2CCCC[C@H]2C)cc([N+](=O)[O-])c1O. The Kier molecular flexibility index (Phi) is 6.51. The van der Waals surface area contributed by atoms with Gasteiger partial charge in [0.15, 0.2) is 10.9 Å². The maximum atomic E-state index is 11.0. The Bertz CT molecular complexity index is 680. The van der Waals surface area contributed by atoms with Crippen molar-refractivity contribution in [3.8, 4) is 11.5 Å². The highest BCUT2D eigenvalue weighted by Gasteiger charge is 2.21. The van der Waals surface area contributed by atoms with Gasteiger partial charge in [0.1, 0.15) is 0 Å². The molecule has 0 aromatic heterocycles. The second kappa shape index (κ2) is 8.61. The summed E-state index contributed by atoms with van der Waals surface area (Å²) in [6, 6.07) is 2.99. The van der Waals surface area contributed by atoms with E-state index in [2.05, 4.69) is 22.8 Å². The summed E-state index contributed by atoms with van der Waals surface area (Å²) in [4.78, 5) is 10.3. The molecule has 136 valence electrons. The molecule has 1 aromatic rings. The largest absolute Gasteiger partial charge is 0.500 e. The van der Waals surface area contributed by atoms with Crippen molar-refractivity contribution in [1.29, 1.82) is 0 Å². The predicted octanol–water partition coefficient (Wildman–Crippen LogP) is 2.69. The van der Waals surface area contributed by atoms with E-state index in [1.807, 2.05) is 0 Å². The minimum Gasteiger partial charge on any atom is -0.500 e. The number of phenolic OH excluding ortho intramolecular Hbond substituents is 1. The molecule has 8 nitrogen and oxygen atoms in total. The number of nitrogens with one attached hydrogen (secondary N) is 2. The number of nitro benzene ring substituents is 1. The molecule has 0 aliphatic heterocycles. The first-order valence-electron chi connectivity index (χ1n) is 8.07. The number of benzene rings is 1. The van der Waals surface area contributed by atoms with Crippen LogP contribution in [0.4, 0.5) is 5.69 Å². The Morgan fingerprint density at radius 2 is 2.20 bits per heavy atom. The third kappa shape index (κ3) is 5.02. The summed E-state index contributed by atoms with van der Waals surface area (Å²) in [7, 11) is 1.32. The first kappa shape index (κ1) is 18.9. The third-order valence-electron chi connectivity index (χ3n) is 4.30. The second-order valence-electron chi connectivity index (χ2n) is 6.06. The molecule has 25 heavy (non-hydrogen) atoms. The number of hydrazone groups is 1. The molecule has 0 amide bonds. The lowest BCUT2D eigenvalue weighted by Crippen LogP contribution is -2.44. The standard InChI is InChI=1S/C16H22N4O4S/c1-10-5-3-4-6-12(10)18-16(25)19-17-9-11-7-13(20(22)23)15(21)14(8-11)24-2/h7-10,12,21H,3-6H2,1-2H3,(H2,18,19,25)/b17-9+/t10-,12+/m1/s1. The smallest absolute Gasteiger partial charge is 0.315 e. The van der Waals surface area contributed by atoms with Crippen LogP contribution in [-0.2, 0) is 0 Å². The monoisotopic (exact) mass is 366 g/mol. The lowest BCUT2D eigenvalue weighted by atomic mass is 9.86. The van der Waals surface area contributed by atoms with Crippen molar-refractivity contribution in [3.63, 3.8) is 0 Å². The maximum Gasteiger partial charge on any atom is 0.315 e. The molecule has 1 fully saturated rings. The summed E-state index contributed by atoms with van der Waals surface area (Å²) in [6.45, 7) is 2.20. The highest BCUT2D eigenvalue weighted by Crippen LogP contribution is 2.36. The molecular weight excluding hydrogens is 344 g/mol. The van der Waals surface area contributed by atoms with Gasteiger partial charge in [0.25, 0.3) is 0 Å². The van der Waals surface area contributed by atoms with E-state index in [1.165, 1.54) is 44.7 Å². The molecular formula is C16H22N4O4S. The summed E-state index contributed by atoms with van der Waals surface area (Å²) >= 11 is 5.23. The van der Waals surface area contributed by atoms with E-state index in [4.69, 9.17) is 17.0 Å². The number of nitrogens with zero attached hydrogens (tertiary/aromatic N) is 2. The molecule has 0 saturated heterocycles. The van der Waals surface area contributed by atoms with E-state index in [0.717, 1.165) is 6.42 Å². The summed E-state index contributed by atoms with van der Waals surface area (Å²) in [5.74, 6) is 0.0509. The van der Waals surface area contributed by atoms with E-state index >= 15 is 0 Å². The maximum absolute atomic E-state index is 11.0. The van der Waals surface area contributed by atoms with Crippen LogP contribution in [0, 0.1) is 16.0 Å². The van der Waals surface area contributed by atoms with Crippen molar-refractivity contribution in [3.05, 3.63) is 27.8 Å². The Hall–Kier alpha value is -2.42. The Labute approximate surface area is 151 Å². The number of ether oxygens (including phenoxy) is 1. The van der Waals surface area contributed by atoms with Crippen LogP contribution >= 0.6 is 12.2 Å². The zero-order valence-corrected chi connectivity index (χ0v) is 15.0. The topological polar surface area (TPSA) is 109 Å². The van der Waals surface area contributed by atoms with Crippen LogP contribution in [0.3, 0.4) is 0 Å². The summed E-state index contributed by atoms with van der Waals surface area (Å²) < 4.78 is 4.94. The molecule has 0 bridgehead atoms. The number of phenols is 1. The van der Waals surface area contributed by atoms with Crippen molar-refractivity contribution in [2.45, 2.75) is 38.6 Å². The van der Waals surface area contributed by atoms with Gasteiger partial charge in [-0.1, -0.05) is 19.8 Å². The Morgan fingerprint density at radius 3 is 2.84 bits per heavy atom.